The molecule has 2 heteroatoms. The molecule has 0 spiro atoms. The topological polar surface area (TPSA) is 26.3 Å². The summed E-state index contributed by atoms with van der Waals surface area (Å²) in [6.45, 7) is 7.09. The molecule has 0 aliphatic heterocycles. The van der Waals surface area contributed by atoms with Crippen LogP contribution in [0.5, 0.6) is 5.75 Å². The number of hydrogen-bond acceptors (Lipinski definition) is 2. The molecule has 0 unspecified atom stereocenters. The summed E-state index contributed by atoms with van der Waals surface area (Å²) in [5.74, 6) is 0.262. The Morgan fingerprint density at radius 1 is 1.47 bits per heavy atom. The third-order valence-electron chi connectivity index (χ3n) is 1.97. The summed E-state index contributed by atoms with van der Waals surface area (Å²) < 4.78 is 5.04. The molecule has 0 heterocycles. The highest BCUT2D eigenvalue weighted by molar-refractivity contribution is 5.69. The van der Waals surface area contributed by atoms with Crippen LogP contribution in [0.15, 0.2) is 24.8 Å². The number of aryl methyl sites for hydroxylation is 1. The van der Waals surface area contributed by atoms with E-state index in [0.717, 1.165) is 24.0 Å². The van der Waals surface area contributed by atoms with Crippen LogP contribution in [0.4, 0.5) is 0 Å². The Balaban J connectivity index is 2.99. The van der Waals surface area contributed by atoms with Crippen molar-refractivity contribution in [2.24, 2.45) is 0 Å². The largest absolute Gasteiger partial charge is 0.427 e. The predicted octanol–water partition coefficient (Wildman–Crippen LogP) is 2.90. The SMILES string of the molecule is C=[C]c1cc(CCC)cc(OC(C)=O)c1. The molecule has 2 nitrogen and oxygen atoms in total. The first-order valence-corrected chi connectivity index (χ1v) is 5.01. The minimum atomic E-state index is -0.307. The van der Waals surface area contributed by atoms with E-state index in [1.54, 1.807) is 6.07 Å². The zero-order chi connectivity index (χ0) is 11.3. The number of esters is 1. The van der Waals surface area contributed by atoms with Gasteiger partial charge in [-0.2, -0.15) is 0 Å². The predicted molar refractivity (Wildman–Crippen MR) is 59.7 cm³/mol. The quantitative estimate of drug-likeness (QED) is 0.555. The second-order valence-electron chi connectivity index (χ2n) is 3.39. The van der Waals surface area contributed by atoms with E-state index >= 15 is 0 Å². The summed E-state index contributed by atoms with van der Waals surface area (Å²) in [4.78, 5) is 10.8. The Morgan fingerprint density at radius 3 is 2.73 bits per heavy atom. The fourth-order valence-electron chi connectivity index (χ4n) is 1.42. The second-order valence-corrected chi connectivity index (χ2v) is 3.39. The molecule has 1 aromatic carbocycles. The van der Waals surface area contributed by atoms with E-state index in [-0.39, 0.29) is 5.97 Å². The van der Waals surface area contributed by atoms with Crippen LogP contribution >= 0.6 is 0 Å². The highest BCUT2D eigenvalue weighted by Crippen LogP contribution is 2.18. The van der Waals surface area contributed by atoms with Crippen molar-refractivity contribution in [2.75, 3.05) is 0 Å². The highest BCUT2D eigenvalue weighted by Gasteiger charge is 2.02. The number of rotatable bonds is 4. The first-order chi connectivity index (χ1) is 7.15. The minimum absolute atomic E-state index is 0.307. The number of ether oxygens (including phenoxy) is 1. The Bertz CT molecular complexity index is 367. The molecule has 0 aliphatic rings. The van der Waals surface area contributed by atoms with E-state index in [9.17, 15) is 4.79 Å². The fourth-order valence-corrected chi connectivity index (χ4v) is 1.42. The van der Waals surface area contributed by atoms with E-state index in [1.165, 1.54) is 6.92 Å². The zero-order valence-electron chi connectivity index (χ0n) is 9.17. The van der Waals surface area contributed by atoms with Gasteiger partial charge < -0.3 is 4.74 Å². The average molecular weight is 203 g/mol. The van der Waals surface area contributed by atoms with Gasteiger partial charge in [-0.15, -0.1) is 0 Å². The van der Waals surface area contributed by atoms with Crippen molar-refractivity contribution in [3.63, 3.8) is 0 Å². The lowest BCUT2D eigenvalue weighted by Crippen LogP contribution is -2.02. The Labute approximate surface area is 90.6 Å². The van der Waals surface area contributed by atoms with Gasteiger partial charge in [-0.25, -0.2) is 0 Å². The molecule has 0 saturated carbocycles. The average Bonchev–Trinajstić information content (AvgIpc) is 2.16. The Kier molecular flexibility index (Phi) is 4.10. The molecule has 1 rings (SSSR count). The monoisotopic (exact) mass is 203 g/mol. The molecule has 0 saturated heterocycles. The number of carbonyl (C=O) groups is 1. The summed E-state index contributed by atoms with van der Waals surface area (Å²) in [6.07, 6.45) is 4.82. The van der Waals surface area contributed by atoms with Crippen LogP contribution in [0.3, 0.4) is 0 Å². The molecular formula is C13H15O2. The summed E-state index contributed by atoms with van der Waals surface area (Å²) >= 11 is 0. The second kappa shape index (κ2) is 5.35. The minimum Gasteiger partial charge on any atom is -0.427 e. The van der Waals surface area contributed by atoms with E-state index in [1.807, 2.05) is 12.1 Å². The van der Waals surface area contributed by atoms with Gasteiger partial charge in [-0.3, -0.25) is 4.79 Å². The summed E-state index contributed by atoms with van der Waals surface area (Å²) in [5, 5.41) is 0. The van der Waals surface area contributed by atoms with Crippen molar-refractivity contribution < 1.29 is 9.53 Å². The molecule has 1 aromatic rings. The number of benzene rings is 1. The van der Waals surface area contributed by atoms with Gasteiger partial charge in [0.1, 0.15) is 5.75 Å². The van der Waals surface area contributed by atoms with Gasteiger partial charge in [0.05, 0.1) is 0 Å². The van der Waals surface area contributed by atoms with E-state index in [4.69, 9.17) is 4.74 Å². The molecule has 0 aliphatic carbocycles. The van der Waals surface area contributed by atoms with Gasteiger partial charge in [0.2, 0.25) is 0 Å². The maximum Gasteiger partial charge on any atom is 0.308 e. The lowest BCUT2D eigenvalue weighted by atomic mass is 10.1. The van der Waals surface area contributed by atoms with Crippen LogP contribution in [0, 0.1) is 6.08 Å². The van der Waals surface area contributed by atoms with Crippen LogP contribution in [0.1, 0.15) is 31.4 Å². The summed E-state index contributed by atoms with van der Waals surface area (Å²) in [6, 6.07) is 5.64. The van der Waals surface area contributed by atoms with Crippen molar-refractivity contribution in [3.8, 4) is 5.75 Å². The van der Waals surface area contributed by atoms with Crippen molar-refractivity contribution >= 4 is 5.97 Å². The van der Waals surface area contributed by atoms with E-state index < -0.39 is 0 Å². The van der Waals surface area contributed by atoms with Gasteiger partial charge in [0.15, 0.2) is 0 Å². The number of hydrogen-bond donors (Lipinski definition) is 0. The van der Waals surface area contributed by atoms with Crippen LogP contribution in [0.2, 0.25) is 0 Å². The van der Waals surface area contributed by atoms with Gasteiger partial charge in [-0.05, 0) is 35.8 Å². The van der Waals surface area contributed by atoms with Crippen LogP contribution in [-0.4, -0.2) is 5.97 Å². The molecular weight excluding hydrogens is 188 g/mol. The summed E-state index contributed by atoms with van der Waals surface area (Å²) in [7, 11) is 0. The molecule has 0 atom stereocenters. The molecule has 15 heavy (non-hydrogen) atoms. The molecule has 0 amide bonds. The first kappa shape index (κ1) is 11.5. The third kappa shape index (κ3) is 3.58. The normalized spacial score (nSPS) is 9.73. The smallest absolute Gasteiger partial charge is 0.308 e. The standard InChI is InChI=1S/C13H15O2/c1-4-6-12-7-11(5-2)8-13(9-12)15-10(3)14/h7-9H,2,4,6H2,1,3H3. The molecule has 79 valence electrons. The lowest BCUT2D eigenvalue weighted by molar-refractivity contribution is -0.131. The van der Waals surface area contributed by atoms with Crippen molar-refractivity contribution in [3.05, 3.63) is 42.0 Å². The molecule has 0 fully saturated rings. The van der Waals surface area contributed by atoms with Gasteiger partial charge >= 0.3 is 5.97 Å². The van der Waals surface area contributed by atoms with Crippen molar-refractivity contribution in [2.45, 2.75) is 26.7 Å². The molecule has 0 aromatic heterocycles. The van der Waals surface area contributed by atoms with Crippen LogP contribution < -0.4 is 4.74 Å². The Hall–Kier alpha value is -1.57. The van der Waals surface area contributed by atoms with Crippen LogP contribution in [-0.2, 0) is 11.2 Å². The van der Waals surface area contributed by atoms with E-state index in [0.29, 0.717) is 5.75 Å². The van der Waals surface area contributed by atoms with Crippen molar-refractivity contribution in [1.29, 1.82) is 0 Å². The number of carbonyl (C=O) groups excluding carboxylic acids is 1. The van der Waals surface area contributed by atoms with E-state index in [2.05, 4.69) is 19.6 Å². The maximum absolute atomic E-state index is 10.8. The van der Waals surface area contributed by atoms with Gasteiger partial charge in [0, 0.05) is 6.92 Å². The third-order valence-corrected chi connectivity index (χ3v) is 1.97. The molecule has 0 bridgehead atoms. The van der Waals surface area contributed by atoms with Gasteiger partial charge in [0.25, 0.3) is 0 Å². The molecule has 1 radical (unpaired) electrons. The first-order valence-electron chi connectivity index (χ1n) is 5.01. The molecule has 0 N–H and O–H groups in total. The van der Waals surface area contributed by atoms with Crippen molar-refractivity contribution in [1.82, 2.24) is 0 Å². The Morgan fingerprint density at radius 2 is 2.20 bits per heavy atom. The summed E-state index contributed by atoms with van der Waals surface area (Å²) in [5.41, 5.74) is 2.00. The zero-order valence-corrected chi connectivity index (χ0v) is 9.17. The fraction of sp³-hybridized carbons (Fsp3) is 0.308. The van der Waals surface area contributed by atoms with Gasteiger partial charge in [-0.1, -0.05) is 26.0 Å². The highest BCUT2D eigenvalue weighted by atomic mass is 16.5. The van der Waals surface area contributed by atoms with Crippen LogP contribution in [0.25, 0.3) is 0 Å². The lowest BCUT2D eigenvalue weighted by Gasteiger charge is -2.06. The maximum atomic E-state index is 10.8.